The average Bonchev–Trinajstić information content (AvgIpc) is 1.58. The summed E-state index contributed by atoms with van der Waals surface area (Å²) in [5, 5.41) is 53.6. The number of nitrogens with zero attached hydrogens (tertiary/aromatic N) is 8. The summed E-state index contributed by atoms with van der Waals surface area (Å²) in [6.45, 7) is 4.47. The van der Waals surface area contributed by atoms with Gasteiger partial charge in [0, 0.05) is 157 Å². The molecule has 0 aliphatic carbocycles. The Morgan fingerprint density at radius 1 is 0.409 bits per heavy atom. The number of hydrazone groups is 1. The number of benzene rings is 7. The number of aliphatic carboxylic acids is 2. The summed E-state index contributed by atoms with van der Waals surface area (Å²) in [5.41, 5.74) is 6.93. The van der Waals surface area contributed by atoms with Crippen molar-refractivity contribution < 1.29 is 119 Å². The van der Waals surface area contributed by atoms with E-state index >= 15 is 0 Å². The summed E-state index contributed by atoms with van der Waals surface area (Å²) in [6, 6.07) is 36.4. The van der Waals surface area contributed by atoms with Gasteiger partial charge in [0.05, 0.1) is 108 Å². The third kappa shape index (κ3) is 36.0. The van der Waals surface area contributed by atoms with Crippen molar-refractivity contribution >= 4 is 137 Å². The molecule has 48 nitrogen and oxygen atoms in total. The lowest BCUT2D eigenvalue weighted by atomic mass is 10.1. The first-order valence-electron chi connectivity index (χ1n) is 47.2. The Morgan fingerprint density at radius 2 is 0.812 bits per heavy atom. The Balaban J connectivity index is 0.480. The highest BCUT2D eigenvalue weighted by Gasteiger charge is 2.31. The second-order valence-corrected chi connectivity index (χ2v) is 41.5. The lowest BCUT2D eigenvalue weighted by Gasteiger charge is -2.18. The van der Waals surface area contributed by atoms with Crippen molar-refractivity contribution in [1.82, 2.24) is 90.0 Å². The van der Waals surface area contributed by atoms with Gasteiger partial charge in [0.15, 0.2) is 11.9 Å². The number of rotatable bonds is 68. The number of pyridine rings is 1. The van der Waals surface area contributed by atoms with Crippen LogP contribution in [0.5, 0.6) is 0 Å². The molecule has 0 radical (unpaired) electrons. The fourth-order valence-electron chi connectivity index (χ4n) is 14.6. The Kier molecular flexibility index (Phi) is 43.2. The monoisotopic (exact) mass is 2150 g/mol. The molecule has 53 heteroatoms. The number of ether oxygens (including phenoxy) is 6. The molecule has 0 saturated heterocycles. The molecule has 0 fully saturated rings. The van der Waals surface area contributed by atoms with E-state index in [1.807, 2.05) is 0 Å². The maximum Gasteiger partial charge on any atom is 0.323 e. The van der Waals surface area contributed by atoms with E-state index in [0.717, 1.165) is 30.1 Å². The maximum absolute atomic E-state index is 13.7. The van der Waals surface area contributed by atoms with Crippen LogP contribution in [0.2, 0.25) is 0 Å². The number of H-pyrrole nitrogens is 2. The first kappa shape index (κ1) is 113. The minimum absolute atomic E-state index is 0.0176. The molecule has 12 aromatic rings. The fraction of sp³-hybridized carbons (Fsp3) is 0.344. The van der Waals surface area contributed by atoms with Gasteiger partial charge in [-0.2, -0.15) is 33.2 Å². The van der Waals surface area contributed by atoms with Crippen molar-refractivity contribution in [3.8, 4) is 22.3 Å². The number of aromatic nitrogens is 9. The molecular formula is C96H116N22O26S5. The standard InChI is InChI=1S/C96H116N22O26S5/c119-88(97-37-5-47-139-51-55-143-57-53-141-49-7-39-111-145(128,129)77-22-11-67(12-23-77)69-15-26-79(27-16-69)147(132,133)115-82(93(124)125)65-106-89(120)71-19-31-84-75(59-71)63-109-117(84)45-3-35-99-95-101-41-42-102-95)34-30-81(113-91(122)74-21-33-87(105-61-74)114-108-62-73-9-1-2-10-86(73)149(136,137)138)92(123)98-38-6-48-140-52-56-144-58-54-142-50-8-40-112-146(130,131)78-24-13-68(14-25-78)70-17-28-80(29-18-70)148(134,135)116-83(94(126)127)66-107-90(121)72-20-32-85-76(60-72)64-110-118(85)46-4-36-100-96-103-43-44-104-96/h1-2,9-29,31-33,41-44,59-64,81-83,111-112,115-116H,3-8,30,34-40,45-58,65-66H2,(H,97,119)(H,98,123)(H,105,114)(H,106,120)(H,107,121)(H,113,122)(H,124,125)(H,126,127)(H2,99,101,102)(H2,100,103,104)(H,136,137,138)/b108-62+. The summed E-state index contributed by atoms with van der Waals surface area (Å²) in [6.07, 6.45) is 15.0. The van der Waals surface area contributed by atoms with E-state index in [9.17, 15) is 90.4 Å². The number of sulfonamides is 4. The molecule has 3 unspecified atom stereocenters. The molecular weight excluding hydrogens is 2040 g/mol. The molecule has 5 aromatic heterocycles. The van der Waals surface area contributed by atoms with Gasteiger partial charge in [-0.3, -0.25) is 52.9 Å². The average molecular weight is 2150 g/mol. The first-order chi connectivity index (χ1) is 71.7. The molecule has 796 valence electrons. The van der Waals surface area contributed by atoms with E-state index in [4.69, 9.17) is 28.4 Å². The lowest BCUT2D eigenvalue weighted by Crippen LogP contribution is -2.48. The van der Waals surface area contributed by atoms with Crippen LogP contribution >= 0.6 is 0 Å². The van der Waals surface area contributed by atoms with Crippen molar-refractivity contribution in [2.45, 2.75) is 107 Å². The van der Waals surface area contributed by atoms with Crippen molar-refractivity contribution in [2.24, 2.45) is 5.10 Å². The van der Waals surface area contributed by atoms with E-state index in [1.54, 1.807) is 113 Å². The van der Waals surface area contributed by atoms with Crippen molar-refractivity contribution in [3.63, 3.8) is 0 Å². The zero-order valence-electron chi connectivity index (χ0n) is 80.6. The SMILES string of the molecule is O=C(CCC(NC(=O)c1ccc(N/N=C/c2ccccc2S(=O)(=O)O)nc1)C(=O)NCCCOCCOCCOCCCNS(=O)(=O)c1ccc(-c2ccc(S(=O)(=O)NC(CNC(=O)c3ccc4c(cnn4CCCNc4ncc[nH]4)c3)C(=O)O)cc2)cc1)NCCCOCCOCCOCCCNS(=O)(=O)c1ccc(-c2ccc(S(=O)(=O)NC(CNC(=O)c3ccc4c(cnn4CCCNc4ncc[nH]4)c3)C(=O)O)cc2)cc1. The first-order valence-corrected chi connectivity index (χ1v) is 54.6. The van der Waals surface area contributed by atoms with E-state index in [-0.39, 0.29) is 171 Å². The molecule has 7 aromatic carbocycles. The summed E-state index contributed by atoms with van der Waals surface area (Å²) in [5.74, 6) is -4.50. The molecule has 5 heterocycles. The number of aryl methyl sites for hydroxylation is 2. The van der Waals surface area contributed by atoms with E-state index in [0.29, 0.717) is 96.8 Å². The largest absolute Gasteiger partial charge is 0.480 e. The maximum atomic E-state index is 13.7. The highest BCUT2D eigenvalue weighted by molar-refractivity contribution is 7.90. The van der Waals surface area contributed by atoms with Crippen LogP contribution in [0.1, 0.15) is 88.0 Å². The molecule has 17 N–H and O–H groups in total. The number of fused-ring (bicyclic) bond motifs is 2. The topological polar surface area (TPSA) is 669 Å². The highest BCUT2D eigenvalue weighted by Crippen LogP contribution is 2.28. The third-order valence-electron chi connectivity index (χ3n) is 22.4. The summed E-state index contributed by atoms with van der Waals surface area (Å²) < 4.78 is 186. The molecule has 5 amide bonds. The van der Waals surface area contributed by atoms with Gasteiger partial charge in [-0.1, -0.05) is 66.7 Å². The number of carbonyl (C=O) groups is 7. The van der Waals surface area contributed by atoms with Crippen LogP contribution in [-0.2, 0) is 111 Å². The van der Waals surface area contributed by atoms with Crippen LogP contribution in [-0.4, -0.2) is 299 Å². The number of imidazole rings is 2. The van der Waals surface area contributed by atoms with Gasteiger partial charge in [0.25, 0.3) is 27.8 Å². The number of carbonyl (C=O) groups excluding carboxylic acids is 5. The van der Waals surface area contributed by atoms with Gasteiger partial charge in [-0.25, -0.2) is 58.1 Å². The van der Waals surface area contributed by atoms with Gasteiger partial charge in [0.2, 0.25) is 51.9 Å². The van der Waals surface area contributed by atoms with Crippen molar-refractivity contribution in [3.05, 3.63) is 235 Å². The number of hydrogen-bond donors (Lipinski definition) is 17. The molecule has 12 rings (SSSR count). The van der Waals surface area contributed by atoms with Crippen LogP contribution in [0, 0.1) is 0 Å². The van der Waals surface area contributed by atoms with E-state index in [2.05, 4.69) is 102 Å². The zero-order chi connectivity index (χ0) is 106. The Bertz CT molecular complexity index is 7070. The fourth-order valence-corrected chi connectivity index (χ4v) is 19.8. The van der Waals surface area contributed by atoms with Crippen LogP contribution in [0.25, 0.3) is 44.1 Å². The summed E-state index contributed by atoms with van der Waals surface area (Å²) >= 11 is 0. The molecule has 0 saturated carbocycles. The van der Waals surface area contributed by atoms with Gasteiger partial charge < -0.3 is 85.8 Å². The van der Waals surface area contributed by atoms with Crippen LogP contribution in [0.3, 0.4) is 0 Å². The van der Waals surface area contributed by atoms with Gasteiger partial charge in [0.1, 0.15) is 28.8 Å². The molecule has 3 atom stereocenters. The normalized spacial score (nSPS) is 12.6. The second kappa shape index (κ2) is 56.8. The molecule has 0 aliphatic heterocycles. The van der Waals surface area contributed by atoms with Crippen LogP contribution in [0.15, 0.2) is 243 Å². The Morgan fingerprint density at radius 3 is 1.21 bits per heavy atom. The Labute approximate surface area is 858 Å². The molecule has 0 bridgehead atoms. The molecule has 0 spiro atoms. The van der Waals surface area contributed by atoms with E-state index < -0.39 is 123 Å². The minimum Gasteiger partial charge on any atom is -0.480 e. The number of aromatic amines is 2. The smallest absolute Gasteiger partial charge is 0.323 e. The number of amides is 5. The number of carboxylic acid groups (broad SMARTS) is 2. The van der Waals surface area contributed by atoms with Gasteiger partial charge in [-0.15, -0.1) is 0 Å². The molecule has 0 aliphatic rings. The number of hydrogen-bond acceptors (Lipinski definition) is 32. The number of anilines is 3. The highest BCUT2D eigenvalue weighted by atomic mass is 32.2. The molecule has 149 heavy (non-hydrogen) atoms. The summed E-state index contributed by atoms with van der Waals surface area (Å²) in [4.78, 5) is 109. The van der Waals surface area contributed by atoms with Crippen molar-refractivity contribution in [1.29, 1.82) is 0 Å². The van der Waals surface area contributed by atoms with Gasteiger partial charge in [-0.05, 0) is 170 Å². The summed E-state index contributed by atoms with van der Waals surface area (Å²) in [7, 11) is -21.2. The minimum atomic E-state index is -4.55. The lowest BCUT2D eigenvalue weighted by molar-refractivity contribution is -0.139. The zero-order valence-corrected chi connectivity index (χ0v) is 84.7. The second-order valence-electron chi connectivity index (χ2n) is 33.2. The van der Waals surface area contributed by atoms with Crippen molar-refractivity contribution in [2.75, 3.05) is 148 Å². The van der Waals surface area contributed by atoms with E-state index in [1.165, 1.54) is 109 Å². The number of nitrogens with one attached hydrogen (secondary N) is 14. The number of carboxylic acids is 2. The predicted octanol–water partition coefficient (Wildman–Crippen LogP) is 5.31. The predicted molar refractivity (Wildman–Crippen MR) is 547 cm³/mol. The van der Waals surface area contributed by atoms with Crippen LogP contribution in [0.4, 0.5) is 17.7 Å². The Hall–Kier alpha value is -14.3. The third-order valence-corrected chi connectivity index (χ3v) is 29.2. The van der Waals surface area contributed by atoms with Crippen LogP contribution < -0.4 is 61.5 Å². The van der Waals surface area contributed by atoms with Gasteiger partial charge >= 0.3 is 11.9 Å². The quantitative estimate of drug-likeness (QED) is 0.00993.